The number of aliphatic hydroxyl groups is 4. The summed E-state index contributed by atoms with van der Waals surface area (Å²) in [5.74, 6) is -6.12. The Kier molecular flexibility index (Phi) is 11.8. The number of ether oxygens (including phenoxy) is 4. The van der Waals surface area contributed by atoms with Crippen LogP contribution >= 0.6 is 0 Å². The van der Waals surface area contributed by atoms with Crippen LogP contribution in [0, 0.1) is 0 Å². The summed E-state index contributed by atoms with van der Waals surface area (Å²) in [4.78, 5) is 0. The SMILES string of the molecule is OC[C@H]1O[C@@H](Oc2cc3c(c([C@H]4c5c(O)cc6c7c5[C@@H]([C@H](c5ccc(O)cc5)c5c(O)cc(O)cc5[C@H]7[C@H](c5ccc(O)cc5)O6)[C@@H]4c4ccc(O)cc4)c2)[C@@H](c2cc(O)cc(O)c2)[C@H](c2ccc(O)cc2)O3)[C@H](O)[C@@H](O)[C@@H]1O. The molecule has 0 radical (unpaired) electrons. The van der Waals surface area contributed by atoms with Crippen molar-refractivity contribution in [2.75, 3.05) is 6.61 Å². The minimum absolute atomic E-state index is 0.00235. The van der Waals surface area contributed by atoms with E-state index in [-0.39, 0.29) is 63.2 Å². The molecule has 17 heteroatoms. The van der Waals surface area contributed by atoms with Gasteiger partial charge in [-0.15, -0.1) is 0 Å². The van der Waals surface area contributed by atoms with Crippen molar-refractivity contribution in [3.63, 3.8) is 0 Å². The van der Waals surface area contributed by atoms with Crippen LogP contribution in [0.15, 0.2) is 146 Å². The zero-order chi connectivity index (χ0) is 54.9. The van der Waals surface area contributed by atoms with Crippen LogP contribution in [0.4, 0.5) is 0 Å². The normalized spacial score (nSPS) is 27.0. The Balaban J connectivity index is 1.14. The van der Waals surface area contributed by atoms with Crippen LogP contribution in [0.1, 0.15) is 114 Å². The molecule has 0 aromatic heterocycles. The Morgan fingerprint density at radius 3 is 1.46 bits per heavy atom. The van der Waals surface area contributed by atoms with Gasteiger partial charge in [0.15, 0.2) is 0 Å². The minimum Gasteiger partial charge on any atom is -0.508 e. The van der Waals surface area contributed by atoms with Gasteiger partial charge in [-0.25, -0.2) is 0 Å². The molecule has 0 unspecified atom stereocenters. The van der Waals surface area contributed by atoms with E-state index >= 15 is 0 Å². The topological polar surface area (TPSA) is 300 Å². The number of fused-ring (bicyclic) bond motifs is 3. The molecule has 17 nitrogen and oxygen atoms in total. The largest absolute Gasteiger partial charge is 0.508 e. The Morgan fingerprint density at radius 1 is 0.367 bits per heavy atom. The fourth-order valence-electron chi connectivity index (χ4n) is 13.4. The second kappa shape index (κ2) is 18.7. The number of phenols is 9. The molecular formula is C62H52O17. The van der Waals surface area contributed by atoms with Crippen molar-refractivity contribution in [2.24, 2.45) is 0 Å². The van der Waals surface area contributed by atoms with E-state index in [1.165, 1.54) is 84.9 Å². The molecule has 8 aromatic carbocycles. The average molecular weight is 1070 g/mol. The number of hydrogen-bond donors (Lipinski definition) is 13. The average Bonchev–Trinajstić information content (AvgIpc) is 3.97. The summed E-state index contributed by atoms with van der Waals surface area (Å²) in [6.07, 6.45) is -10.2. The summed E-state index contributed by atoms with van der Waals surface area (Å²) >= 11 is 0. The van der Waals surface area contributed by atoms with Gasteiger partial charge in [0.25, 0.3) is 0 Å². The maximum Gasteiger partial charge on any atom is 0.229 e. The predicted molar refractivity (Wildman–Crippen MR) is 281 cm³/mol. The maximum absolute atomic E-state index is 13.1. The molecule has 0 amide bonds. The van der Waals surface area contributed by atoms with Gasteiger partial charge in [0.1, 0.15) is 106 Å². The molecule has 1 fully saturated rings. The molecule has 8 aromatic rings. The van der Waals surface area contributed by atoms with Crippen molar-refractivity contribution < 1.29 is 85.3 Å². The lowest BCUT2D eigenvalue weighted by atomic mass is 9.68. The molecule has 79 heavy (non-hydrogen) atoms. The molecule has 13 N–H and O–H groups in total. The van der Waals surface area contributed by atoms with Gasteiger partial charge >= 0.3 is 0 Å². The number of hydrogen-bond acceptors (Lipinski definition) is 17. The summed E-state index contributed by atoms with van der Waals surface area (Å²) in [7, 11) is 0. The molecule has 13 rings (SSSR count). The summed E-state index contributed by atoms with van der Waals surface area (Å²) in [5.41, 5.74) is 6.23. The van der Waals surface area contributed by atoms with E-state index in [4.69, 9.17) is 18.9 Å². The lowest BCUT2D eigenvalue weighted by Crippen LogP contribution is -2.60. The summed E-state index contributed by atoms with van der Waals surface area (Å²) in [5, 5.41) is 146. The molecule has 1 saturated heterocycles. The minimum atomic E-state index is -1.84. The van der Waals surface area contributed by atoms with E-state index in [1.807, 2.05) is 0 Å². The first-order chi connectivity index (χ1) is 38.0. The first-order valence-corrected chi connectivity index (χ1v) is 25.7. The quantitative estimate of drug-likeness (QED) is 0.0653. The van der Waals surface area contributed by atoms with Crippen molar-refractivity contribution in [3.05, 3.63) is 212 Å². The van der Waals surface area contributed by atoms with Crippen LogP contribution in [0.5, 0.6) is 69.0 Å². The predicted octanol–water partition coefficient (Wildman–Crippen LogP) is 7.91. The monoisotopic (exact) mass is 1070 g/mol. The molecule has 0 saturated carbocycles. The van der Waals surface area contributed by atoms with Gasteiger partial charge in [0.05, 0.1) is 18.4 Å². The van der Waals surface area contributed by atoms with Gasteiger partial charge in [-0.3, -0.25) is 0 Å². The summed E-state index contributed by atoms with van der Waals surface area (Å²) in [6.45, 7) is -0.743. The lowest BCUT2D eigenvalue weighted by Gasteiger charge is -2.39. The van der Waals surface area contributed by atoms with Crippen molar-refractivity contribution in [2.45, 2.75) is 78.4 Å². The molecular weight excluding hydrogens is 1020 g/mol. The molecule has 5 aliphatic rings. The Bertz CT molecular complexity index is 3660. The molecule has 13 atom stereocenters. The standard InChI is InChI=1S/C62H52O17/c63-25-45-57(73)58(74)59(75)62(79-45)76-38-22-40(50-43(23-38)77-60(28-5-13-33(66)14-6-28)48(50)30-17-35(68)19-36(69)18-30)51-47(27-3-11-32(65)12-4-27)55-46(26-1-9-31(64)10-2-26)49-39(20-37(70)21-41(49)71)52-54-44(24-42(72)53(51)56(54)55)78-61(52)29-7-15-34(67)16-8-29/h1-24,45-48,51-52,55,57-75H,25H2/t45-,46-,47-,48-,51-,52-,55+,57-,58+,59-,60+,61+,62-/m1/s1. The van der Waals surface area contributed by atoms with Crippen molar-refractivity contribution >= 4 is 0 Å². The Hall–Kier alpha value is -8.84. The zero-order valence-electron chi connectivity index (χ0n) is 41.5. The molecule has 0 bridgehead atoms. The van der Waals surface area contributed by atoms with Gasteiger partial charge in [-0.2, -0.15) is 0 Å². The van der Waals surface area contributed by atoms with E-state index in [0.717, 1.165) is 0 Å². The zero-order valence-corrected chi connectivity index (χ0v) is 41.5. The molecule has 402 valence electrons. The summed E-state index contributed by atoms with van der Waals surface area (Å²) < 4.78 is 26.3. The van der Waals surface area contributed by atoms with E-state index < -0.39 is 85.0 Å². The number of aromatic hydroxyl groups is 9. The molecule has 3 aliphatic heterocycles. The second-order valence-corrected chi connectivity index (χ2v) is 21.0. The van der Waals surface area contributed by atoms with Crippen LogP contribution in [0.3, 0.4) is 0 Å². The van der Waals surface area contributed by atoms with Gasteiger partial charge in [-0.05, 0) is 117 Å². The van der Waals surface area contributed by atoms with Crippen molar-refractivity contribution in [3.8, 4) is 69.0 Å². The van der Waals surface area contributed by atoms with E-state index in [1.54, 1.807) is 60.7 Å². The van der Waals surface area contributed by atoms with Crippen LogP contribution in [0.2, 0.25) is 0 Å². The van der Waals surface area contributed by atoms with Crippen LogP contribution < -0.4 is 14.2 Å². The van der Waals surface area contributed by atoms with E-state index in [0.29, 0.717) is 72.5 Å². The maximum atomic E-state index is 13.1. The van der Waals surface area contributed by atoms with Gasteiger partial charge in [0.2, 0.25) is 6.29 Å². The molecule has 3 heterocycles. The molecule has 0 spiro atoms. The van der Waals surface area contributed by atoms with Crippen LogP contribution in [-0.4, -0.2) is 104 Å². The first kappa shape index (κ1) is 49.7. The highest BCUT2D eigenvalue weighted by Gasteiger charge is 2.58. The second-order valence-electron chi connectivity index (χ2n) is 21.0. The number of rotatable bonds is 9. The third-order valence-electron chi connectivity index (χ3n) is 16.5. The van der Waals surface area contributed by atoms with Crippen molar-refractivity contribution in [1.82, 2.24) is 0 Å². The fourth-order valence-corrected chi connectivity index (χ4v) is 13.4. The summed E-state index contributed by atoms with van der Waals surface area (Å²) in [6, 6.07) is 37.7. The smallest absolute Gasteiger partial charge is 0.229 e. The number of aliphatic hydroxyl groups excluding tert-OH is 4. The van der Waals surface area contributed by atoms with Gasteiger partial charge in [0, 0.05) is 70.2 Å². The highest BCUT2D eigenvalue weighted by Crippen LogP contribution is 2.72. The van der Waals surface area contributed by atoms with Crippen LogP contribution in [0.25, 0.3) is 0 Å². The number of benzene rings is 8. The van der Waals surface area contributed by atoms with Crippen LogP contribution in [-0.2, 0) is 4.74 Å². The third-order valence-corrected chi connectivity index (χ3v) is 16.5. The third kappa shape index (κ3) is 8.02. The highest BCUT2D eigenvalue weighted by atomic mass is 16.7. The van der Waals surface area contributed by atoms with E-state index in [9.17, 15) is 66.4 Å². The lowest BCUT2D eigenvalue weighted by molar-refractivity contribution is -0.277. The Labute approximate surface area is 450 Å². The van der Waals surface area contributed by atoms with Crippen molar-refractivity contribution in [1.29, 1.82) is 0 Å². The van der Waals surface area contributed by atoms with Gasteiger partial charge < -0.3 is 85.3 Å². The highest BCUT2D eigenvalue weighted by molar-refractivity contribution is 5.74. The first-order valence-electron chi connectivity index (χ1n) is 25.7. The van der Waals surface area contributed by atoms with E-state index in [2.05, 4.69) is 0 Å². The van der Waals surface area contributed by atoms with Gasteiger partial charge in [-0.1, -0.05) is 48.5 Å². The number of phenolic OH excluding ortho intramolecular Hbond substituents is 9. The molecule has 2 aliphatic carbocycles. The Morgan fingerprint density at radius 2 is 0.873 bits per heavy atom. The fraction of sp³-hybridized carbons (Fsp3) is 0.226.